The van der Waals surface area contributed by atoms with Crippen LogP contribution >= 0.6 is 35.1 Å². The molecule has 2 heterocycles. The van der Waals surface area contributed by atoms with Gasteiger partial charge in [-0.15, -0.1) is 6.42 Å². The first-order chi connectivity index (χ1) is 15.1. The van der Waals surface area contributed by atoms with Gasteiger partial charge in [-0.1, -0.05) is 17.5 Å². The van der Waals surface area contributed by atoms with E-state index in [1.165, 1.54) is 10.9 Å². The summed E-state index contributed by atoms with van der Waals surface area (Å²) < 4.78 is 61.0. The van der Waals surface area contributed by atoms with E-state index < -0.39 is 53.7 Å². The lowest BCUT2D eigenvalue weighted by Crippen LogP contribution is -2.33. The number of rotatable bonds is 8. The fourth-order valence-corrected chi connectivity index (χ4v) is 6.60. The minimum atomic E-state index is -5.72. The second kappa shape index (κ2) is 9.05. The minimum Gasteiger partial charge on any atom is -0.391 e. The Kier molecular flexibility index (Phi) is 7.22. The Morgan fingerprint density at radius 2 is 1.91 bits per heavy atom. The third-order valence-electron chi connectivity index (χ3n) is 4.67. The standard InChI is InChI=1S/C13H15ClFN4O11P3/c1-2-13(5-28-32(24,25)30-33(26,27)29-31(21,22)23)4-7(3-8(13)20)19-6-16-9-10(14)17-12(15)18-11(9)19/h1,6-8,20H,3-5H2,(H,24,25)(H,26,27)(H2,21,22,23)/t7-,8-,13+/m0/s1. The lowest BCUT2D eigenvalue weighted by atomic mass is 9.86. The van der Waals surface area contributed by atoms with Crippen LogP contribution in [0.2, 0.25) is 5.15 Å². The van der Waals surface area contributed by atoms with Crippen LogP contribution in [0.15, 0.2) is 6.33 Å². The molecule has 33 heavy (non-hydrogen) atoms. The van der Waals surface area contributed by atoms with Crippen molar-refractivity contribution >= 4 is 46.2 Å². The zero-order valence-electron chi connectivity index (χ0n) is 16.0. The number of imidazole rings is 1. The molecule has 20 heteroatoms. The second-order valence-electron chi connectivity index (χ2n) is 6.88. The molecule has 1 fully saturated rings. The zero-order chi connectivity index (χ0) is 24.8. The number of aromatic nitrogens is 4. The van der Waals surface area contributed by atoms with Crippen molar-refractivity contribution in [2.24, 2.45) is 5.41 Å². The summed E-state index contributed by atoms with van der Waals surface area (Å²) in [6.07, 6.45) is 4.13. The molecule has 0 amide bonds. The lowest BCUT2D eigenvalue weighted by molar-refractivity contribution is 0.0443. The molecule has 1 saturated carbocycles. The van der Waals surface area contributed by atoms with Gasteiger partial charge in [-0.3, -0.25) is 4.52 Å². The SMILES string of the molecule is C#C[C@]1(COP(=O)(O)OP(=O)(O)OP(=O)(O)O)C[C@@H](n2cnc3c(Cl)nc(F)nc32)C[C@@H]1O. The van der Waals surface area contributed by atoms with Crippen LogP contribution in [-0.2, 0) is 26.8 Å². The van der Waals surface area contributed by atoms with E-state index in [-0.39, 0.29) is 29.2 Å². The maximum atomic E-state index is 13.6. The topological polar surface area (TPSA) is 224 Å². The molecule has 0 radical (unpaired) electrons. The number of aliphatic hydroxyl groups is 1. The molecule has 0 spiro atoms. The Morgan fingerprint density at radius 1 is 1.24 bits per heavy atom. The van der Waals surface area contributed by atoms with Crippen LogP contribution in [0.3, 0.4) is 0 Å². The van der Waals surface area contributed by atoms with Crippen LogP contribution in [0.1, 0.15) is 18.9 Å². The van der Waals surface area contributed by atoms with Gasteiger partial charge in [-0.25, -0.2) is 18.7 Å². The molecule has 182 valence electrons. The van der Waals surface area contributed by atoms with Gasteiger partial charge in [0.05, 0.1) is 24.5 Å². The van der Waals surface area contributed by atoms with E-state index in [9.17, 15) is 33.0 Å². The predicted octanol–water partition coefficient (Wildman–Crippen LogP) is 1.28. The summed E-state index contributed by atoms with van der Waals surface area (Å²) >= 11 is 5.84. The molecule has 0 saturated heterocycles. The van der Waals surface area contributed by atoms with Gasteiger partial charge in [0.2, 0.25) is 0 Å². The summed E-state index contributed by atoms with van der Waals surface area (Å²) in [6.45, 7) is -0.887. The fraction of sp³-hybridized carbons (Fsp3) is 0.462. The Morgan fingerprint density at radius 3 is 2.52 bits per heavy atom. The molecule has 2 aromatic rings. The van der Waals surface area contributed by atoms with Crippen molar-refractivity contribution in [3.05, 3.63) is 17.6 Å². The number of halogens is 2. The smallest absolute Gasteiger partial charge is 0.391 e. The summed E-state index contributed by atoms with van der Waals surface area (Å²) in [6, 6.07) is -0.657. The maximum Gasteiger partial charge on any atom is 0.490 e. The van der Waals surface area contributed by atoms with E-state index in [0.717, 1.165) is 0 Å². The van der Waals surface area contributed by atoms with Gasteiger partial charge in [0, 0.05) is 6.04 Å². The van der Waals surface area contributed by atoms with Crippen LogP contribution < -0.4 is 0 Å². The largest absolute Gasteiger partial charge is 0.490 e. The third kappa shape index (κ3) is 6.04. The van der Waals surface area contributed by atoms with Crippen LogP contribution in [0.5, 0.6) is 0 Å². The van der Waals surface area contributed by atoms with Crippen molar-refractivity contribution in [2.45, 2.75) is 25.0 Å². The first-order valence-corrected chi connectivity index (χ1v) is 13.5. The number of phosphoric acid groups is 3. The molecule has 1 aliphatic carbocycles. The van der Waals surface area contributed by atoms with Gasteiger partial charge in [-0.2, -0.15) is 23.0 Å². The number of phosphoric ester groups is 1. The number of aliphatic hydroxyl groups excluding tert-OH is 1. The van der Waals surface area contributed by atoms with Gasteiger partial charge in [0.1, 0.15) is 5.52 Å². The van der Waals surface area contributed by atoms with Crippen molar-refractivity contribution in [1.82, 2.24) is 19.5 Å². The molecular formula is C13H15ClFN4O11P3. The highest BCUT2D eigenvalue weighted by atomic mass is 35.5. The Hall–Kier alpha value is -1.30. The van der Waals surface area contributed by atoms with Crippen molar-refractivity contribution in [3.8, 4) is 12.3 Å². The van der Waals surface area contributed by atoms with Gasteiger partial charge >= 0.3 is 29.5 Å². The molecule has 15 nitrogen and oxygen atoms in total. The normalized spacial score (nSPS) is 27.2. The highest BCUT2D eigenvalue weighted by molar-refractivity contribution is 7.66. The Bertz CT molecular complexity index is 1260. The average molecular weight is 551 g/mol. The second-order valence-corrected chi connectivity index (χ2v) is 11.7. The van der Waals surface area contributed by atoms with E-state index in [0.29, 0.717) is 0 Å². The van der Waals surface area contributed by atoms with E-state index in [1.807, 2.05) is 0 Å². The highest BCUT2D eigenvalue weighted by Crippen LogP contribution is 2.66. The number of nitrogens with zero attached hydrogens (tertiary/aromatic N) is 4. The third-order valence-corrected chi connectivity index (χ3v) is 8.71. The molecule has 2 aromatic heterocycles. The van der Waals surface area contributed by atoms with Gasteiger partial charge < -0.3 is 29.2 Å². The molecule has 1 aliphatic rings. The van der Waals surface area contributed by atoms with E-state index in [4.69, 9.17) is 27.8 Å². The molecule has 0 bridgehead atoms. The Balaban J connectivity index is 1.78. The summed E-state index contributed by atoms with van der Waals surface area (Å²) in [7, 11) is -16.7. The first-order valence-electron chi connectivity index (χ1n) is 8.56. The van der Waals surface area contributed by atoms with Crippen molar-refractivity contribution in [3.63, 3.8) is 0 Å². The van der Waals surface area contributed by atoms with Crippen LogP contribution in [0.4, 0.5) is 4.39 Å². The van der Waals surface area contributed by atoms with Gasteiger partial charge in [-0.05, 0) is 12.8 Å². The quantitative estimate of drug-likeness (QED) is 0.135. The fourth-order valence-electron chi connectivity index (χ4n) is 3.31. The molecular weight excluding hydrogens is 536 g/mol. The van der Waals surface area contributed by atoms with Crippen molar-refractivity contribution in [1.29, 1.82) is 0 Å². The minimum absolute atomic E-state index is 0.00501. The number of hydrogen-bond acceptors (Lipinski definition) is 10. The van der Waals surface area contributed by atoms with Crippen LogP contribution in [-0.4, -0.2) is 56.9 Å². The molecule has 5 N–H and O–H groups in total. The lowest BCUT2D eigenvalue weighted by Gasteiger charge is -2.27. The van der Waals surface area contributed by atoms with Crippen molar-refractivity contribution < 1.29 is 55.9 Å². The summed E-state index contributed by atoms with van der Waals surface area (Å²) in [5, 5.41) is 10.3. The molecule has 0 aromatic carbocycles. The first kappa shape index (κ1) is 26.3. The van der Waals surface area contributed by atoms with E-state index in [2.05, 4.69) is 34.0 Å². The number of hydrogen-bond donors (Lipinski definition) is 5. The predicted molar refractivity (Wildman–Crippen MR) is 106 cm³/mol. The summed E-state index contributed by atoms with van der Waals surface area (Å²) in [5.74, 6) is 2.25. The number of fused-ring (bicyclic) bond motifs is 1. The highest BCUT2D eigenvalue weighted by Gasteiger charge is 2.49. The molecule has 3 rings (SSSR count). The summed E-state index contributed by atoms with van der Waals surface area (Å²) in [5.41, 5.74) is -1.55. The average Bonchev–Trinajstić information content (AvgIpc) is 3.18. The van der Waals surface area contributed by atoms with Crippen molar-refractivity contribution in [2.75, 3.05) is 6.61 Å². The molecule has 5 atom stereocenters. The van der Waals surface area contributed by atoms with Crippen LogP contribution in [0.25, 0.3) is 11.2 Å². The van der Waals surface area contributed by atoms with E-state index in [1.54, 1.807) is 0 Å². The zero-order valence-corrected chi connectivity index (χ0v) is 19.4. The molecule has 2 unspecified atom stereocenters. The summed E-state index contributed by atoms with van der Waals surface area (Å²) in [4.78, 5) is 46.9. The van der Waals surface area contributed by atoms with Crippen LogP contribution in [0, 0.1) is 23.8 Å². The number of terminal acetylenes is 1. The maximum absolute atomic E-state index is 13.6. The van der Waals surface area contributed by atoms with E-state index >= 15 is 0 Å². The monoisotopic (exact) mass is 550 g/mol. The Labute approximate surface area is 189 Å². The van der Waals surface area contributed by atoms with Gasteiger partial charge in [0.15, 0.2) is 10.8 Å². The molecule has 0 aliphatic heterocycles. The van der Waals surface area contributed by atoms with Gasteiger partial charge in [0.25, 0.3) is 0 Å².